The molecule has 0 radical (unpaired) electrons. The van der Waals surface area contributed by atoms with Crippen LogP contribution in [-0.4, -0.2) is 34.8 Å². The summed E-state index contributed by atoms with van der Waals surface area (Å²) in [4.78, 5) is 13.7. The van der Waals surface area contributed by atoms with Gasteiger partial charge in [-0.05, 0) is 41.3 Å². The quantitative estimate of drug-likeness (QED) is 0.445. The lowest BCUT2D eigenvalue weighted by Crippen LogP contribution is -2.67. The second-order valence-corrected chi connectivity index (χ2v) is 9.99. The SMILES string of the molecule is C=C1c2cc(Br)ccc2OC2(Cc3ccccc3)CCN(C(=O)O)CC12Cc1ccccc1. The van der Waals surface area contributed by atoms with Crippen molar-refractivity contribution in [2.24, 2.45) is 5.41 Å². The molecular weight excluding hydrogens is 478 g/mol. The zero-order valence-electron chi connectivity index (χ0n) is 18.3. The van der Waals surface area contributed by atoms with E-state index in [-0.39, 0.29) is 0 Å². The molecule has 0 aromatic heterocycles. The fourth-order valence-electron chi connectivity index (χ4n) is 5.57. The van der Waals surface area contributed by atoms with E-state index < -0.39 is 17.1 Å². The minimum Gasteiger partial charge on any atom is -0.485 e. The maximum absolute atomic E-state index is 12.1. The number of fused-ring (bicyclic) bond motifs is 2. The van der Waals surface area contributed by atoms with Gasteiger partial charge in [0.15, 0.2) is 0 Å². The van der Waals surface area contributed by atoms with Crippen LogP contribution >= 0.6 is 15.9 Å². The van der Waals surface area contributed by atoms with Crippen molar-refractivity contribution in [1.82, 2.24) is 4.90 Å². The van der Waals surface area contributed by atoms with Gasteiger partial charge in [-0.1, -0.05) is 83.2 Å². The molecule has 0 aliphatic carbocycles. The summed E-state index contributed by atoms with van der Waals surface area (Å²) in [6.07, 6.45) is 1.02. The standard InChI is InChI=1S/C28H26BrNO3/c1-20-24-16-23(29)12-13-25(24)33-28(18-22-10-6-3-7-11-22)14-15-30(26(31)32)19-27(20,28)17-21-8-4-2-5-9-21/h2-13,16H,1,14-15,17-19H2,(H,31,32). The molecule has 1 amide bonds. The van der Waals surface area contributed by atoms with Crippen LogP contribution in [0.4, 0.5) is 4.79 Å². The first-order chi connectivity index (χ1) is 15.9. The summed E-state index contributed by atoms with van der Waals surface area (Å²) < 4.78 is 7.90. The Kier molecular flexibility index (Phi) is 5.53. The van der Waals surface area contributed by atoms with Gasteiger partial charge in [-0.3, -0.25) is 0 Å². The zero-order chi connectivity index (χ0) is 23.1. The lowest BCUT2D eigenvalue weighted by atomic mass is 9.56. The summed E-state index contributed by atoms with van der Waals surface area (Å²) in [5.74, 6) is 0.812. The Hall–Kier alpha value is -3.05. The van der Waals surface area contributed by atoms with Crippen LogP contribution in [0.15, 0.2) is 89.9 Å². The van der Waals surface area contributed by atoms with Crippen molar-refractivity contribution < 1.29 is 14.6 Å². The summed E-state index contributed by atoms with van der Waals surface area (Å²) in [5.41, 5.74) is 2.97. The molecule has 1 fully saturated rings. The minimum atomic E-state index is -0.899. The Balaban J connectivity index is 1.72. The minimum absolute atomic E-state index is 0.342. The molecule has 1 saturated heterocycles. The van der Waals surface area contributed by atoms with E-state index in [1.807, 2.05) is 54.6 Å². The van der Waals surface area contributed by atoms with Crippen LogP contribution in [0.2, 0.25) is 0 Å². The Morgan fingerprint density at radius 1 is 1.00 bits per heavy atom. The van der Waals surface area contributed by atoms with Gasteiger partial charge in [-0.15, -0.1) is 0 Å². The molecule has 4 nitrogen and oxygen atoms in total. The third-order valence-corrected chi connectivity index (χ3v) is 7.71. The molecule has 2 aliphatic heterocycles. The number of likely N-dealkylation sites (tertiary alicyclic amines) is 1. The first-order valence-corrected chi connectivity index (χ1v) is 12.0. The summed E-state index contributed by atoms with van der Waals surface area (Å²) in [7, 11) is 0. The fourth-order valence-corrected chi connectivity index (χ4v) is 5.93. The molecule has 0 saturated carbocycles. The number of rotatable bonds is 4. The Bertz CT molecular complexity index is 1200. The number of benzene rings is 3. The monoisotopic (exact) mass is 503 g/mol. The molecule has 0 bridgehead atoms. The van der Waals surface area contributed by atoms with Crippen molar-refractivity contribution in [2.45, 2.75) is 24.9 Å². The lowest BCUT2D eigenvalue weighted by molar-refractivity contribution is -0.0869. The van der Waals surface area contributed by atoms with E-state index in [2.05, 4.69) is 46.8 Å². The van der Waals surface area contributed by atoms with Crippen molar-refractivity contribution in [3.8, 4) is 5.75 Å². The second-order valence-electron chi connectivity index (χ2n) is 9.08. The Labute approximate surface area is 202 Å². The molecule has 5 heteroatoms. The van der Waals surface area contributed by atoms with Crippen LogP contribution < -0.4 is 4.74 Å². The van der Waals surface area contributed by atoms with Crippen LogP contribution in [-0.2, 0) is 12.8 Å². The number of carbonyl (C=O) groups is 1. The van der Waals surface area contributed by atoms with Gasteiger partial charge in [0.25, 0.3) is 0 Å². The zero-order valence-corrected chi connectivity index (χ0v) is 19.9. The van der Waals surface area contributed by atoms with E-state index in [4.69, 9.17) is 4.74 Å². The predicted octanol–water partition coefficient (Wildman–Crippen LogP) is 6.45. The number of hydrogen-bond donors (Lipinski definition) is 1. The summed E-state index contributed by atoms with van der Waals surface area (Å²) in [5, 5.41) is 9.96. The molecule has 3 aromatic rings. The number of carboxylic acid groups (broad SMARTS) is 1. The van der Waals surface area contributed by atoms with Crippen molar-refractivity contribution >= 4 is 27.6 Å². The third-order valence-electron chi connectivity index (χ3n) is 7.22. The van der Waals surface area contributed by atoms with Crippen molar-refractivity contribution in [1.29, 1.82) is 0 Å². The van der Waals surface area contributed by atoms with Crippen LogP contribution in [0.5, 0.6) is 5.75 Å². The van der Waals surface area contributed by atoms with Crippen LogP contribution in [0, 0.1) is 5.41 Å². The van der Waals surface area contributed by atoms with Gasteiger partial charge in [0, 0.05) is 36.0 Å². The van der Waals surface area contributed by atoms with E-state index in [9.17, 15) is 9.90 Å². The molecule has 2 heterocycles. The normalized spacial score (nSPS) is 23.9. The number of ether oxygens (including phenoxy) is 1. The van der Waals surface area contributed by atoms with Crippen LogP contribution in [0.1, 0.15) is 23.1 Å². The van der Waals surface area contributed by atoms with E-state index >= 15 is 0 Å². The molecule has 2 unspecified atom stereocenters. The van der Waals surface area contributed by atoms with Crippen LogP contribution in [0.3, 0.4) is 0 Å². The first kappa shape index (κ1) is 21.8. The third kappa shape index (κ3) is 3.74. The molecule has 2 aliphatic rings. The van der Waals surface area contributed by atoms with E-state index in [1.165, 1.54) is 10.5 Å². The highest BCUT2D eigenvalue weighted by Gasteiger charge is 2.61. The molecule has 5 rings (SSSR count). The highest BCUT2D eigenvalue weighted by molar-refractivity contribution is 9.10. The molecular formula is C28H26BrNO3. The average Bonchev–Trinajstić information content (AvgIpc) is 2.82. The van der Waals surface area contributed by atoms with Gasteiger partial charge < -0.3 is 14.7 Å². The van der Waals surface area contributed by atoms with Gasteiger partial charge in [-0.2, -0.15) is 0 Å². The average molecular weight is 504 g/mol. The predicted molar refractivity (Wildman–Crippen MR) is 133 cm³/mol. The number of hydrogen-bond acceptors (Lipinski definition) is 2. The number of piperidine rings is 1. The molecule has 1 N–H and O–H groups in total. The highest BCUT2D eigenvalue weighted by atomic mass is 79.9. The Morgan fingerprint density at radius 2 is 1.64 bits per heavy atom. The molecule has 3 aromatic carbocycles. The molecule has 0 spiro atoms. The van der Waals surface area contributed by atoms with E-state index in [0.29, 0.717) is 32.4 Å². The topological polar surface area (TPSA) is 49.8 Å². The number of halogens is 1. The summed E-state index contributed by atoms with van der Waals surface area (Å²) in [6, 6.07) is 26.6. The molecule has 168 valence electrons. The van der Waals surface area contributed by atoms with Gasteiger partial charge in [0.1, 0.15) is 11.4 Å². The van der Waals surface area contributed by atoms with Crippen molar-refractivity contribution in [2.75, 3.05) is 13.1 Å². The number of nitrogens with zero attached hydrogens (tertiary/aromatic N) is 1. The van der Waals surface area contributed by atoms with Gasteiger partial charge in [0.2, 0.25) is 0 Å². The van der Waals surface area contributed by atoms with E-state index in [0.717, 1.165) is 26.9 Å². The smallest absolute Gasteiger partial charge is 0.407 e. The van der Waals surface area contributed by atoms with Crippen molar-refractivity contribution in [3.63, 3.8) is 0 Å². The van der Waals surface area contributed by atoms with Gasteiger partial charge in [0.05, 0.1) is 5.41 Å². The summed E-state index contributed by atoms with van der Waals surface area (Å²) in [6.45, 7) is 5.38. The van der Waals surface area contributed by atoms with Crippen molar-refractivity contribution in [3.05, 3.63) is 107 Å². The first-order valence-electron chi connectivity index (χ1n) is 11.2. The fraction of sp³-hybridized carbons (Fsp3) is 0.250. The molecule has 2 atom stereocenters. The summed E-state index contributed by atoms with van der Waals surface area (Å²) >= 11 is 3.59. The second kappa shape index (κ2) is 8.38. The molecule has 33 heavy (non-hydrogen) atoms. The van der Waals surface area contributed by atoms with Gasteiger partial charge in [-0.25, -0.2) is 4.79 Å². The maximum atomic E-state index is 12.1. The van der Waals surface area contributed by atoms with Crippen LogP contribution in [0.25, 0.3) is 5.57 Å². The largest absolute Gasteiger partial charge is 0.485 e. The maximum Gasteiger partial charge on any atom is 0.407 e. The lowest BCUT2D eigenvalue weighted by Gasteiger charge is -2.59. The van der Waals surface area contributed by atoms with E-state index in [1.54, 1.807) is 0 Å². The Morgan fingerprint density at radius 3 is 2.27 bits per heavy atom. The highest BCUT2D eigenvalue weighted by Crippen LogP contribution is 2.58. The number of amides is 1. The van der Waals surface area contributed by atoms with Gasteiger partial charge >= 0.3 is 6.09 Å².